The van der Waals surface area contributed by atoms with E-state index in [2.05, 4.69) is 16.5 Å². The average Bonchev–Trinajstić information content (AvgIpc) is 2.99. The smallest absolute Gasteiger partial charge is 0.169 e. The molecule has 0 fully saturated rings. The van der Waals surface area contributed by atoms with E-state index < -0.39 is 0 Å². The molecule has 2 heterocycles. The first-order chi connectivity index (χ1) is 10.8. The highest BCUT2D eigenvalue weighted by molar-refractivity contribution is 5.75. The predicted molar refractivity (Wildman–Crippen MR) is 84.8 cm³/mol. The number of allylic oxidation sites excluding steroid dienone is 1. The number of rotatable bonds is 3. The number of fused-ring (bicyclic) bond motifs is 2. The first-order valence-electron chi connectivity index (χ1n) is 7.06. The normalized spacial score (nSPS) is 14.5. The molecule has 0 radical (unpaired) electrons. The zero-order valence-corrected chi connectivity index (χ0v) is 11.8. The Hall–Kier alpha value is -3.01. The third kappa shape index (κ3) is 2.05. The molecule has 4 heteroatoms. The Morgan fingerprint density at radius 2 is 1.82 bits per heavy atom. The summed E-state index contributed by atoms with van der Waals surface area (Å²) in [6.07, 6.45) is 3.41. The van der Waals surface area contributed by atoms with Crippen molar-refractivity contribution in [2.75, 3.05) is 0 Å². The van der Waals surface area contributed by atoms with Crippen molar-refractivity contribution in [1.29, 1.82) is 0 Å². The maximum absolute atomic E-state index is 5.94. The van der Waals surface area contributed by atoms with Crippen molar-refractivity contribution in [1.82, 2.24) is 9.97 Å². The van der Waals surface area contributed by atoms with Crippen LogP contribution in [0.5, 0.6) is 11.5 Å². The molecule has 0 spiro atoms. The highest BCUT2D eigenvalue weighted by atomic mass is 16.6. The van der Waals surface area contributed by atoms with Crippen molar-refractivity contribution < 1.29 is 9.47 Å². The molecule has 1 atom stereocenters. The molecule has 2 aromatic carbocycles. The van der Waals surface area contributed by atoms with E-state index in [9.17, 15) is 0 Å². The standard InChI is InChI=1S/C18H14N2O2/c1-2-12(18-19-13-7-3-4-8-14(13)20-18)17-11-21-15-9-5-6-10-16(15)22-17/h2-12H,1H2,(H,19,20). The molecule has 4 nitrogen and oxygen atoms in total. The van der Waals surface area contributed by atoms with Crippen LogP contribution < -0.4 is 9.47 Å². The summed E-state index contributed by atoms with van der Waals surface area (Å²) in [5, 5.41) is 0. The molecule has 4 rings (SSSR count). The first-order valence-corrected chi connectivity index (χ1v) is 7.06. The van der Waals surface area contributed by atoms with Crippen molar-refractivity contribution in [2.24, 2.45) is 0 Å². The van der Waals surface area contributed by atoms with E-state index in [0.717, 1.165) is 16.9 Å². The van der Waals surface area contributed by atoms with Crippen LogP contribution in [0.15, 0.2) is 73.2 Å². The van der Waals surface area contributed by atoms with Gasteiger partial charge in [-0.05, 0) is 24.3 Å². The number of ether oxygens (including phenoxy) is 2. The molecule has 0 saturated carbocycles. The van der Waals surface area contributed by atoms with Gasteiger partial charge >= 0.3 is 0 Å². The Balaban J connectivity index is 1.71. The second-order valence-corrected chi connectivity index (χ2v) is 5.04. The van der Waals surface area contributed by atoms with Crippen LogP contribution in [0.3, 0.4) is 0 Å². The largest absolute Gasteiger partial charge is 0.458 e. The topological polar surface area (TPSA) is 47.1 Å². The fourth-order valence-corrected chi connectivity index (χ4v) is 2.52. The van der Waals surface area contributed by atoms with Crippen LogP contribution in [0.4, 0.5) is 0 Å². The van der Waals surface area contributed by atoms with Gasteiger partial charge in [-0.15, -0.1) is 6.58 Å². The fraction of sp³-hybridized carbons (Fsp3) is 0.0556. The number of benzene rings is 2. The molecule has 1 aliphatic rings. The van der Waals surface area contributed by atoms with E-state index >= 15 is 0 Å². The van der Waals surface area contributed by atoms with Crippen LogP contribution >= 0.6 is 0 Å². The van der Waals surface area contributed by atoms with E-state index in [1.807, 2.05) is 48.5 Å². The summed E-state index contributed by atoms with van der Waals surface area (Å²) < 4.78 is 11.6. The number of hydrogen-bond donors (Lipinski definition) is 1. The minimum Gasteiger partial charge on any atom is -0.458 e. The van der Waals surface area contributed by atoms with Crippen molar-refractivity contribution >= 4 is 11.0 Å². The molecule has 1 unspecified atom stereocenters. The Morgan fingerprint density at radius 3 is 2.64 bits per heavy atom. The van der Waals surface area contributed by atoms with Gasteiger partial charge in [0, 0.05) is 0 Å². The van der Waals surface area contributed by atoms with Crippen LogP contribution in [0.2, 0.25) is 0 Å². The Bertz CT molecular complexity index is 846. The molecule has 0 amide bonds. The molecule has 3 aromatic rings. The van der Waals surface area contributed by atoms with E-state index in [1.54, 1.807) is 12.3 Å². The Morgan fingerprint density at radius 1 is 1.05 bits per heavy atom. The molecule has 0 saturated heterocycles. The van der Waals surface area contributed by atoms with Crippen LogP contribution in [-0.4, -0.2) is 9.97 Å². The minimum atomic E-state index is -0.194. The van der Waals surface area contributed by atoms with Gasteiger partial charge in [0.1, 0.15) is 12.1 Å². The summed E-state index contributed by atoms with van der Waals surface area (Å²) in [6.45, 7) is 3.90. The van der Waals surface area contributed by atoms with Gasteiger partial charge in [-0.3, -0.25) is 0 Å². The molecular formula is C18H14N2O2. The number of imidazole rings is 1. The molecule has 108 valence electrons. The second kappa shape index (κ2) is 5.07. The summed E-state index contributed by atoms with van der Waals surface area (Å²) in [4.78, 5) is 7.92. The number of hydrogen-bond acceptors (Lipinski definition) is 3. The minimum absolute atomic E-state index is 0.194. The van der Waals surface area contributed by atoms with Crippen LogP contribution in [0, 0.1) is 0 Å². The lowest BCUT2D eigenvalue weighted by molar-refractivity contribution is 0.309. The van der Waals surface area contributed by atoms with Crippen molar-refractivity contribution in [3.05, 3.63) is 79.0 Å². The molecule has 0 aliphatic carbocycles. The highest BCUT2D eigenvalue weighted by Gasteiger charge is 2.24. The van der Waals surface area contributed by atoms with Crippen molar-refractivity contribution in [3.8, 4) is 11.5 Å². The number of para-hydroxylation sites is 4. The van der Waals surface area contributed by atoms with Crippen LogP contribution in [0.1, 0.15) is 11.7 Å². The van der Waals surface area contributed by atoms with E-state index in [0.29, 0.717) is 17.3 Å². The lowest BCUT2D eigenvalue weighted by Crippen LogP contribution is -2.12. The summed E-state index contributed by atoms with van der Waals surface area (Å²) in [5.41, 5.74) is 1.91. The number of H-pyrrole nitrogens is 1. The number of aromatic amines is 1. The van der Waals surface area contributed by atoms with Gasteiger partial charge in [-0.1, -0.05) is 30.3 Å². The van der Waals surface area contributed by atoms with Gasteiger partial charge in [0.25, 0.3) is 0 Å². The number of nitrogens with one attached hydrogen (secondary N) is 1. The second-order valence-electron chi connectivity index (χ2n) is 5.04. The average molecular weight is 290 g/mol. The van der Waals surface area contributed by atoms with Crippen molar-refractivity contribution in [3.63, 3.8) is 0 Å². The SMILES string of the molecule is C=CC(C1=COc2ccccc2O1)c1nc2ccccc2[nH]1. The first kappa shape index (κ1) is 12.7. The molecule has 22 heavy (non-hydrogen) atoms. The number of nitrogens with zero attached hydrogens (tertiary/aromatic N) is 1. The van der Waals surface area contributed by atoms with Crippen LogP contribution in [-0.2, 0) is 0 Å². The quantitative estimate of drug-likeness (QED) is 0.737. The molecular weight excluding hydrogens is 276 g/mol. The van der Waals surface area contributed by atoms with E-state index in [-0.39, 0.29) is 5.92 Å². The zero-order chi connectivity index (χ0) is 14.9. The number of aromatic nitrogens is 2. The van der Waals surface area contributed by atoms with Gasteiger partial charge in [-0.2, -0.15) is 0 Å². The van der Waals surface area contributed by atoms with Crippen molar-refractivity contribution in [2.45, 2.75) is 5.92 Å². The molecule has 1 aromatic heterocycles. The van der Waals surface area contributed by atoms with Crippen LogP contribution in [0.25, 0.3) is 11.0 Å². The predicted octanol–water partition coefficient (Wildman–Crippen LogP) is 4.15. The zero-order valence-electron chi connectivity index (χ0n) is 11.8. The monoisotopic (exact) mass is 290 g/mol. The van der Waals surface area contributed by atoms with Gasteiger partial charge in [-0.25, -0.2) is 4.98 Å². The fourth-order valence-electron chi connectivity index (χ4n) is 2.52. The third-order valence-corrected chi connectivity index (χ3v) is 3.62. The van der Waals surface area contributed by atoms with E-state index in [1.165, 1.54) is 0 Å². The van der Waals surface area contributed by atoms with Gasteiger partial charge < -0.3 is 14.5 Å². The Kier molecular flexibility index (Phi) is 2.93. The molecule has 1 aliphatic heterocycles. The maximum atomic E-state index is 5.94. The highest BCUT2D eigenvalue weighted by Crippen LogP contribution is 2.36. The lowest BCUT2D eigenvalue weighted by Gasteiger charge is -2.21. The summed E-state index contributed by atoms with van der Waals surface area (Å²) in [6, 6.07) is 15.5. The summed E-state index contributed by atoms with van der Waals surface area (Å²) in [5.74, 6) is 2.65. The van der Waals surface area contributed by atoms with Gasteiger partial charge in [0.2, 0.25) is 0 Å². The summed E-state index contributed by atoms with van der Waals surface area (Å²) >= 11 is 0. The summed E-state index contributed by atoms with van der Waals surface area (Å²) in [7, 11) is 0. The molecule has 0 bridgehead atoms. The maximum Gasteiger partial charge on any atom is 0.169 e. The Labute approximate surface area is 127 Å². The lowest BCUT2D eigenvalue weighted by atomic mass is 10.1. The van der Waals surface area contributed by atoms with Gasteiger partial charge in [0.05, 0.1) is 17.0 Å². The molecule has 1 N–H and O–H groups in total. The third-order valence-electron chi connectivity index (χ3n) is 3.62. The van der Waals surface area contributed by atoms with Gasteiger partial charge in [0.15, 0.2) is 17.3 Å². The van der Waals surface area contributed by atoms with E-state index in [4.69, 9.17) is 9.47 Å².